The molecular formula is C11H11NO4S2. The van der Waals surface area contributed by atoms with Crippen molar-refractivity contribution < 1.29 is 18.3 Å². The van der Waals surface area contributed by atoms with Crippen LogP contribution in [0.5, 0.6) is 11.5 Å². The third-order valence-corrected chi connectivity index (χ3v) is 4.97. The summed E-state index contributed by atoms with van der Waals surface area (Å²) in [5.74, 6) is 0.299. The fraction of sp³-hybridized carbons (Fsp3) is 0.0909. The van der Waals surface area contributed by atoms with Crippen LogP contribution in [0.1, 0.15) is 0 Å². The SMILES string of the molecule is COc1ccc(O)c(NS(=O)(=O)c2cccs2)c1. The summed E-state index contributed by atoms with van der Waals surface area (Å²) in [7, 11) is -2.20. The van der Waals surface area contributed by atoms with Crippen LogP contribution in [0.2, 0.25) is 0 Å². The topological polar surface area (TPSA) is 75.6 Å². The Morgan fingerprint density at radius 1 is 1.33 bits per heavy atom. The molecule has 0 spiro atoms. The van der Waals surface area contributed by atoms with Gasteiger partial charge in [-0.1, -0.05) is 6.07 Å². The van der Waals surface area contributed by atoms with Crippen LogP contribution in [-0.4, -0.2) is 20.6 Å². The second-order valence-corrected chi connectivity index (χ2v) is 6.28. The van der Waals surface area contributed by atoms with Crippen LogP contribution in [0.25, 0.3) is 0 Å². The molecule has 0 radical (unpaired) electrons. The molecule has 7 heteroatoms. The first kappa shape index (κ1) is 12.7. The standard InChI is InChI=1S/C11H11NO4S2/c1-16-8-4-5-10(13)9(7-8)12-18(14,15)11-3-2-6-17-11/h2-7,12-13H,1H3. The third kappa shape index (κ3) is 2.57. The highest BCUT2D eigenvalue weighted by Gasteiger charge is 2.17. The number of benzene rings is 1. The number of hydrogen-bond acceptors (Lipinski definition) is 5. The lowest BCUT2D eigenvalue weighted by molar-refractivity contribution is 0.413. The van der Waals surface area contributed by atoms with E-state index in [1.807, 2.05) is 0 Å². The Morgan fingerprint density at radius 2 is 2.11 bits per heavy atom. The maximum absolute atomic E-state index is 12.0. The lowest BCUT2D eigenvalue weighted by Gasteiger charge is -2.09. The molecule has 1 heterocycles. The van der Waals surface area contributed by atoms with Crippen molar-refractivity contribution >= 4 is 27.0 Å². The van der Waals surface area contributed by atoms with Gasteiger partial charge in [0.2, 0.25) is 0 Å². The van der Waals surface area contributed by atoms with Gasteiger partial charge < -0.3 is 9.84 Å². The second-order valence-electron chi connectivity index (χ2n) is 3.42. The van der Waals surface area contributed by atoms with E-state index in [0.29, 0.717) is 5.75 Å². The van der Waals surface area contributed by atoms with Crippen molar-refractivity contribution in [2.24, 2.45) is 0 Å². The number of hydrogen-bond donors (Lipinski definition) is 2. The van der Waals surface area contributed by atoms with Crippen molar-refractivity contribution in [3.05, 3.63) is 35.7 Å². The van der Waals surface area contributed by atoms with E-state index in [9.17, 15) is 13.5 Å². The first-order valence-electron chi connectivity index (χ1n) is 4.96. The number of rotatable bonds is 4. The van der Waals surface area contributed by atoms with Crippen molar-refractivity contribution in [3.63, 3.8) is 0 Å². The molecule has 0 unspecified atom stereocenters. The molecule has 2 rings (SSSR count). The van der Waals surface area contributed by atoms with E-state index < -0.39 is 10.0 Å². The van der Waals surface area contributed by atoms with Crippen molar-refractivity contribution in [2.45, 2.75) is 4.21 Å². The second kappa shape index (κ2) is 4.87. The summed E-state index contributed by atoms with van der Waals surface area (Å²) >= 11 is 1.10. The molecular weight excluding hydrogens is 274 g/mol. The fourth-order valence-electron chi connectivity index (χ4n) is 1.34. The summed E-state index contributed by atoms with van der Waals surface area (Å²) in [6, 6.07) is 7.46. The molecule has 0 amide bonds. The van der Waals surface area contributed by atoms with Crippen LogP contribution < -0.4 is 9.46 Å². The zero-order valence-electron chi connectivity index (χ0n) is 9.45. The first-order chi connectivity index (χ1) is 8.53. The number of phenols is 1. The highest BCUT2D eigenvalue weighted by atomic mass is 32.2. The van der Waals surface area contributed by atoms with Crippen molar-refractivity contribution in [1.82, 2.24) is 0 Å². The minimum Gasteiger partial charge on any atom is -0.506 e. The van der Waals surface area contributed by atoms with Crippen LogP contribution >= 0.6 is 11.3 Å². The molecule has 0 bridgehead atoms. The van der Waals surface area contributed by atoms with Gasteiger partial charge in [0.1, 0.15) is 15.7 Å². The van der Waals surface area contributed by atoms with Gasteiger partial charge in [-0.25, -0.2) is 8.42 Å². The van der Waals surface area contributed by atoms with Gasteiger partial charge in [-0.3, -0.25) is 4.72 Å². The highest BCUT2D eigenvalue weighted by Crippen LogP contribution is 2.30. The van der Waals surface area contributed by atoms with Crippen molar-refractivity contribution in [1.29, 1.82) is 0 Å². The number of thiophene rings is 1. The Hall–Kier alpha value is -1.73. The first-order valence-corrected chi connectivity index (χ1v) is 7.32. The zero-order chi connectivity index (χ0) is 13.2. The number of aromatic hydroxyl groups is 1. The van der Waals surface area contributed by atoms with Crippen molar-refractivity contribution in [2.75, 3.05) is 11.8 Å². The molecule has 1 aromatic carbocycles. The summed E-state index contributed by atoms with van der Waals surface area (Å²) in [6.07, 6.45) is 0. The van der Waals surface area contributed by atoms with Crippen LogP contribution in [0.4, 0.5) is 5.69 Å². The van der Waals surface area contributed by atoms with E-state index in [2.05, 4.69) is 4.72 Å². The molecule has 0 aliphatic carbocycles. The van der Waals surface area contributed by atoms with Crippen LogP contribution in [0, 0.1) is 0 Å². The van der Waals surface area contributed by atoms with E-state index >= 15 is 0 Å². The molecule has 0 aliphatic heterocycles. The van der Waals surface area contributed by atoms with Gasteiger partial charge in [-0.05, 0) is 23.6 Å². The minimum absolute atomic E-state index is 0.0859. The zero-order valence-corrected chi connectivity index (χ0v) is 11.1. The minimum atomic E-state index is -3.66. The van der Waals surface area contributed by atoms with Gasteiger partial charge in [-0.15, -0.1) is 11.3 Å². The number of nitrogens with one attached hydrogen (secondary N) is 1. The van der Waals surface area contributed by atoms with Crippen LogP contribution in [0.15, 0.2) is 39.9 Å². The quantitative estimate of drug-likeness (QED) is 0.845. The molecule has 0 aliphatic rings. The van der Waals surface area contributed by atoms with Crippen LogP contribution in [-0.2, 0) is 10.0 Å². The van der Waals surface area contributed by atoms with Gasteiger partial charge in [-0.2, -0.15) is 0 Å². The lowest BCUT2D eigenvalue weighted by atomic mass is 10.3. The largest absolute Gasteiger partial charge is 0.506 e. The molecule has 1 aromatic heterocycles. The van der Waals surface area contributed by atoms with Gasteiger partial charge in [0.25, 0.3) is 10.0 Å². The normalized spacial score (nSPS) is 11.2. The molecule has 18 heavy (non-hydrogen) atoms. The average molecular weight is 285 g/mol. The number of methoxy groups -OCH3 is 1. The van der Waals surface area contributed by atoms with E-state index in [1.165, 1.54) is 31.4 Å². The van der Waals surface area contributed by atoms with Crippen LogP contribution in [0.3, 0.4) is 0 Å². The maximum atomic E-state index is 12.0. The maximum Gasteiger partial charge on any atom is 0.271 e. The molecule has 96 valence electrons. The van der Waals surface area contributed by atoms with Gasteiger partial charge in [0.15, 0.2) is 0 Å². The molecule has 2 N–H and O–H groups in total. The average Bonchev–Trinajstić information content (AvgIpc) is 2.86. The number of phenolic OH excluding ortho intramolecular Hbond substituents is 1. The summed E-state index contributed by atoms with van der Waals surface area (Å²) in [5, 5.41) is 11.3. The van der Waals surface area contributed by atoms with Gasteiger partial charge in [0, 0.05) is 6.07 Å². The summed E-state index contributed by atoms with van der Waals surface area (Å²) in [5.41, 5.74) is 0.0859. The van der Waals surface area contributed by atoms with Gasteiger partial charge >= 0.3 is 0 Å². The van der Waals surface area contributed by atoms with E-state index in [4.69, 9.17) is 4.74 Å². The summed E-state index contributed by atoms with van der Waals surface area (Å²) in [4.78, 5) is 0. The predicted molar refractivity (Wildman–Crippen MR) is 69.8 cm³/mol. The number of ether oxygens (including phenoxy) is 1. The Morgan fingerprint density at radius 3 is 2.72 bits per heavy atom. The Labute approximate surface area is 109 Å². The molecule has 5 nitrogen and oxygen atoms in total. The number of anilines is 1. The fourth-order valence-corrected chi connectivity index (χ4v) is 3.39. The summed E-state index contributed by atoms with van der Waals surface area (Å²) in [6.45, 7) is 0. The van der Waals surface area contributed by atoms with Crippen molar-refractivity contribution in [3.8, 4) is 11.5 Å². The Balaban J connectivity index is 2.35. The van der Waals surface area contributed by atoms with E-state index in [0.717, 1.165) is 11.3 Å². The highest BCUT2D eigenvalue weighted by molar-refractivity contribution is 7.94. The van der Waals surface area contributed by atoms with Gasteiger partial charge in [0.05, 0.1) is 12.8 Å². The molecule has 0 atom stereocenters. The molecule has 0 saturated heterocycles. The third-order valence-electron chi connectivity index (χ3n) is 2.21. The monoisotopic (exact) mass is 285 g/mol. The van der Waals surface area contributed by atoms with E-state index in [1.54, 1.807) is 11.4 Å². The Kier molecular flexibility index (Phi) is 3.44. The molecule has 0 fully saturated rings. The number of sulfonamides is 1. The predicted octanol–water partition coefficient (Wildman–Crippen LogP) is 2.26. The lowest BCUT2D eigenvalue weighted by Crippen LogP contribution is -2.11. The summed E-state index contributed by atoms with van der Waals surface area (Å²) < 4.78 is 31.4. The smallest absolute Gasteiger partial charge is 0.271 e. The Bertz CT molecular complexity index is 635. The van der Waals surface area contributed by atoms with E-state index in [-0.39, 0.29) is 15.6 Å². The molecule has 2 aromatic rings. The molecule has 0 saturated carbocycles.